The molecule has 0 saturated carbocycles. The maximum Gasteiger partial charge on any atom is 0.0233 e. The lowest BCUT2D eigenvalue weighted by atomic mass is 10.2. The first-order valence-corrected chi connectivity index (χ1v) is 6.57. The summed E-state index contributed by atoms with van der Waals surface area (Å²) < 4.78 is 0. The maximum absolute atomic E-state index is 3.46. The van der Waals surface area contributed by atoms with Gasteiger partial charge in [-0.25, -0.2) is 0 Å². The summed E-state index contributed by atoms with van der Waals surface area (Å²) in [6.07, 6.45) is 1.34. The summed E-state index contributed by atoms with van der Waals surface area (Å²) in [5.41, 5.74) is 0. The Morgan fingerprint density at radius 3 is 2.50 bits per heavy atom. The van der Waals surface area contributed by atoms with E-state index in [2.05, 4.69) is 34.1 Å². The summed E-state index contributed by atoms with van der Waals surface area (Å²) in [5, 5.41) is 3.46. The van der Waals surface area contributed by atoms with Gasteiger partial charge in [-0.15, -0.1) is 0 Å². The Morgan fingerprint density at radius 1 is 1.19 bits per heavy atom. The first-order chi connectivity index (χ1) is 7.75. The van der Waals surface area contributed by atoms with E-state index in [1.807, 2.05) is 0 Å². The lowest BCUT2D eigenvalue weighted by molar-refractivity contribution is 0.0978. The van der Waals surface area contributed by atoms with Crippen LogP contribution >= 0.6 is 0 Å². The standard InChI is InChI=1S/C12H26N4/c1-14(2)5-6-15-7-9-16(10-8-15)12-3-4-13-11-12/h12-13H,3-11H2,1-2H3. The maximum atomic E-state index is 3.46. The lowest BCUT2D eigenvalue weighted by Crippen LogP contribution is -2.51. The van der Waals surface area contributed by atoms with Gasteiger partial charge in [-0.2, -0.15) is 0 Å². The van der Waals surface area contributed by atoms with Crippen LogP contribution in [0.2, 0.25) is 0 Å². The molecule has 2 heterocycles. The minimum Gasteiger partial charge on any atom is -0.315 e. The SMILES string of the molecule is CN(C)CCN1CCN(C2CCNC2)CC1. The molecule has 1 N–H and O–H groups in total. The monoisotopic (exact) mass is 226 g/mol. The van der Waals surface area contributed by atoms with Gasteiger partial charge in [-0.05, 0) is 27.1 Å². The van der Waals surface area contributed by atoms with Crippen molar-refractivity contribution >= 4 is 0 Å². The van der Waals surface area contributed by atoms with Gasteiger partial charge < -0.3 is 10.2 Å². The molecule has 0 aromatic heterocycles. The van der Waals surface area contributed by atoms with Crippen LogP contribution < -0.4 is 5.32 Å². The summed E-state index contributed by atoms with van der Waals surface area (Å²) in [6.45, 7) is 9.87. The Hall–Kier alpha value is -0.160. The third-order valence-corrected chi connectivity index (χ3v) is 3.82. The molecule has 1 unspecified atom stereocenters. The molecule has 1 atom stereocenters. The van der Waals surface area contributed by atoms with Crippen molar-refractivity contribution < 1.29 is 0 Å². The van der Waals surface area contributed by atoms with Crippen LogP contribution in [0.3, 0.4) is 0 Å². The Bertz CT molecular complexity index is 193. The molecule has 94 valence electrons. The largest absolute Gasteiger partial charge is 0.315 e. The molecule has 0 aliphatic carbocycles. The first kappa shape index (κ1) is 12.3. The van der Waals surface area contributed by atoms with Crippen LogP contribution in [0.1, 0.15) is 6.42 Å². The molecule has 0 aromatic carbocycles. The third kappa shape index (κ3) is 3.42. The second-order valence-corrected chi connectivity index (χ2v) is 5.33. The molecule has 0 bridgehead atoms. The second kappa shape index (κ2) is 5.96. The van der Waals surface area contributed by atoms with E-state index in [0.29, 0.717) is 0 Å². The van der Waals surface area contributed by atoms with Crippen LogP contribution in [-0.4, -0.2) is 87.2 Å². The van der Waals surface area contributed by atoms with E-state index in [9.17, 15) is 0 Å². The Balaban J connectivity index is 1.65. The topological polar surface area (TPSA) is 21.8 Å². The molecule has 2 aliphatic heterocycles. The molecule has 4 heteroatoms. The molecule has 4 nitrogen and oxygen atoms in total. The highest BCUT2D eigenvalue weighted by atomic mass is 15.3. The van der Waals surface area contributed by atoms with E-state index in [1.54, 1.807) is 0 Å². The Labute approximate surface area is 99.6 Å². The molecular formula is C12H26N4. The summed E-state index contributed by atoms with van der Waals surface area (Å²) >= 11 is 0. The zero-order chi connectivity index (χ0) is 11.4. The molecule has 0 spiro atoms. The summed E-state index contributed by atoms with van der Waals surface area (Å²) in [4.78, 5) is 7.54. The van der Waals surface area contributed by atoms with Crippen molar-refractivity contribution in [3.8, 4) is 0 Å². The highest BCUT2D eigenvalue weighted by Crippen LogP contribution is 2.11. The quantitative estimate of drug-likeness (QED) is 0.699. The number of hydrogen-bond acceptors (Lipinski definition) is 4. The smallest absolute Gasteiger partial charge is 0.0233 e. The van der Waals surface area contributed by atoms with Gasteiger partial charge in [0.05, 0.1) is 0 Å². The highest BCUT2D eigenvalue weighted by Gasteiger charge is 2.25. The number of likely N-dealkylation sites (N-methyl/N-ethyl adjacent to an activating group) is 1. The van der Waals surface area contributed by atoms with Gasteiger partial charge in [0.2, 0.25) is 0 Å². The molecule has 0 aromatic rings. The minimum atomic E-state index is 0.816. The van der Waals surface area contributed by atoms with Crippen molar-refractivity contribution in [3.63, 3.8) is 0 Å². The van der Waals surface area contributed by atoms with E-state index in [4.69, 9.17) is 0 Å². The fourth-order valence-corrected chi connectivity index (χ4v) is 2.64. The number of hydrogen-bond donors (Lipinski definition) is 1. The molecule has 0 amide bonds. The molecule has 2 saturated heterocycles. The predicted molar refractivity (Wildman–Crippen MR) is 67.8 cm³/mol. The van der Waals surface area contributed by atoms with Gasteiger partial charge in [-0.3, -0.25) is 9.80 Å². The molecule has 2 fully saturated rings. The third-order valence-electron chi connectivity index (χ3n) is 3.82. The number of piperazine rings is 1. The summed E-state index contributed by atoms with van der Waals surface area (Å²) in [6, 6.07) is 0.816. The second-order valence-electron chi connectivity index (χ2n) is 5.33. The van der Waals surface area contributed by atoms with E-state index < -0.39 is 0 Å². The Kier molecular flexibility index (Phi) is 4.58. The number of rotatable bonds is 4. The lowest BCUT2D eigenvalue weighted by Gasteiger charge is -2.38. The molecule has 0 radical (unpaired) electrons. The van der Waals surface area contributed by atoms with Crippen molar-refractivity contribution in [2.45, 2.75) is 12.5 Å². The van der Waals surface area contributed by atoms with Crippen molar-refractivity contribution in [2.24, 2.45) is 0 Å². The van der Waals surface area contributed by atoms with Crippen LogP contribution in [-0.2, 0) is 0 Å². The van der Waals surface area contributed by atoms with E-state index in [-0.39, 0.29) is 0 Å². The van der Waals surface area contributed by atoms with Crippen molar-refractivity contribution in [2.75, 3.05) is 66.5 Å². The van der Waals surface area contributed by atoms with Gasteiger partial charge in [-0.1, -0.05) is 0 Å². The van der Waals surface area contributed by atoms with Crippen LogP contribution in [0.4, 0.5) is 0 Å². The van der Waals surface area contributed by atoms with Crippen LogP contribution in [0.5, 0.6) is 0 Å². The van der Waals surface area contributed by atoms with Gasteiger partial charge in [0.15, 0.2) is 0 Å². The van der Waals surface area contributed by atoms with Crippen LogP contribution in [0.15, 0.2) is 0 Å². The van der Waals surface area contributed by atoms with Crippen molar-refractivity contribution in [1.82, 2.24) is 20.0 Å². The van der Waals surface area contributed by atoms with Gasteiger partial charge >= 0.3 is 0 Å². The highest BCUT2D eigenvalue weighted by molar-refractivity contribution is 4.84. The number of nitrogens with zero attached hydrogens (tertiary/aromatic N) is 3. The fraction of sp³-hybridized carbons (Fsp3) is 1.00. The molecule has 16 heavy (non-hydrogen) atoms. The Morgan fingerprint density at radius 2 is 1.94 bits per heavy atom. The van der Waals surface area contributed by atoms with E-state index in [1.165, 1.54) is 58.8 Å². The minimum absolute atomic E-state index is 0.816. The predicted octanol–water partition coefficient (Wildman–Crippen LogP) is -0.472. The fourth-order valence-electron chi connectivity index (χ4n) is 2.64. The molecule has 2 aliphatic rings. The molecule has 2 rings (SSSR count). The normalized spacial score (nSPS) is 29.1. The van der Waals surface area contributed by atoms with E-state index in [0.717, 1.165) is 6.04 Å². The summed E-state index contributed by atoms with van der Waals surface area (Å²) in [7, 11) is 4.31. The summed E-state index contributed by atoms with van der Waals surface area (Å²) in [5.74, 6) is 0. The van der Waals surface area contributed by atoms with Crippen LogP contribution in [0, 0.1) is 0 Å². The van der Waals surface area contributed by atoms with E-state index >= 15 is 0 Å². The van der Waals surface area contributed by atoms with Gasteiger partial charge in [0.1, 0.15) is 0 Å². The average Bonchev–Trinajstić information content (AvgIpc) is 2.80. The number of nitrogens with one attached hydrogen (secondary N) is 1. The van der Waals surface area contributed by atoms with Crippen LogP contribution in [0.25, 0.3) is 0 Å². The zero-order valence-electron chi connectivity index (χ0n) is 10.8. The first-order valence-electron chi connectivity index (χ1n) is 6.57. The van der Waals surface area contributed by atoms with Crippen molar-refractivity contribution in [3.05, 3.63) is 0 Å². The average molecular weight is 226 g/mol. The molecular weight excluding hydrogens is 200 g/mol. The van der Waals surface area contributed by atoms with Crippen molar-refractivity contribution in [1.29, 1.82) is 0 Å². The van der Waals surface area contributed by atoms with Gasteiger partial charge in [0, 0.05) is 51.9 Å². The zero-order valence-corrected chi connectivity index (χ0v) is 10.8. The van der Waals surface area contributed by atoms with Gasteiger partial charge in [0.25, 0.3) is 0 Å².